The summed E-state index contributed by atoms with van der Waals surface area (Å²) in [4.78, 5) is 2.03. The van der Waals surface area contributed by atoms with Gasteiger partial charge in [-0.1, -0.05) is 0 Å². The number of β-amino-alcohol motifs (C(OH)–C–C–N with tert-alkyl or cyclic N) is 1. The van der Waals surface area contributed by atoms with Crippen molar-refractivity contribution in [2.45, 2.75) is 25.6 Å². The molecule has 0 bridgehead atoms. The van der Waals surface area contributed by atoms with E-state index in [9.17, 15) is 5.11 Å². The highest BCUT2D eigenvalue weighted by atomic mass is 16.4. The molecule has 1 aromatic rings. The van der Waals surface area contributed by atoms with Crippen LogP contribution in [0.5, 0.6) is 0 Å². The van der Waals surface area contributed by atoms with E-state index in [0.717, 1.165) is 6.54 Å². The van der Waals surface area contributed by atoms with E-state index in [1.807, 2.05) is 11.9 Å². The molecule has 0 unspecified atom stereocenters. The Kier molecular flexibility index (Phi) is 2.99. The van der Waals surface area contributed by atoms with Crippen molar-refractivity contribution in [3.05, 3.63) is 11.8 Å². The Labute approximate surface area is 88.3 Å². The first-order valence-electron chi connectivity index (χ1n) is 5.05. The van der Waals surface area contributed by atoms with Gasteiger partial charge in [0, 0.05) is 26.1 Å². The van der Waals surface area contributed by atoms with Crippen molar-refractivity contribution in [3.8, 4) is 0 Å². The number of aliphatic hydroxyl groups excluding tert-OH is 1. The topological polar surface area (TPSA) is 74.4 Å². The van der Waals surface area contributed by atoms with Gasteiger partial charge in [0.1, 0.15) is 0 Å². The predicted octanol–water partition coefficient (Wildman–Crippen LogP) is -0.857. The van der Waals surface area contributed by atoms with Gasteiger partial charge >= 0.3 is 0 Å². The molecule has 1 aliphatic rings. The molecule has 0 saturated carbocycles. The molecular weight excluding hydrogens is 196 g/mol. The lowest BCUT2D eigenvalue weighted by molar-refractivity contribution is 0.0903. The molecule has 2 N–H and O–H groups in total. The van der Waals surface area contributed by atoms with Crippen molar-refractivity contribution in [2.24, 2.45) is 0 Å². The Morgan fingerprint density at radius 2 is 2.33 bits per heavy atom. The summed E-state index contributed by atoms with van der Waals surface area (Å²) < 4.78 is 5.28. The summed E-state index contributed by atoms with van der Waals surface area (Å²) in [5, 5.41) is 20.5. The van der Waals surface area contributed by atoms with Crippen LogP contribution in [0.3, 0.4) is 0 Å². The molecule has 1 fully saturated rings. The molecule has 2 atom stereocenters. The highest BCUT2D eigenvalue weighted by molar-refractivity contribution is 4.89. The van der Waals surface area contributed by atoms with Crippen molar-refractivity contribution in [1.82, 2.24) is 20.4 Å². The first-order chi connectivity index (χ1) is 7.16. The van der Waals surface area contributed by atoms with Gasteiger partial charge in [-0.05, 0) is 7.05 Å². The summed E-state index contributed by atoms with van der Waals surface area (Å²) in [6, 6.07) is 0.122. The summed E-state index contributed by atoms with van der Waals surface area (Å²) in [5.41, 5.74) is 0. The Hall–Kier alpha value is -0.980. The van der Waals surface area contributed by atoms with Crippen LogP contribution in [0, 0.1) is 6.92 Å². The minimum absolute atomic E-state index is 0.122. The third-order valence-electron chi connectivity index (χ3n) is 2.67. The molecular formula is C9H16N4O2. The molecule has 0 aromatic carbocycles. The zero-order valence-corrected chi connectivity index (χ0v) is 8.97. The summed E-state index contributed by atoms with van der Waals surface area (Å²) >= 11 is 0. The van der Waals surface area contributed by atoms with E-state index >= 15 is 0 Å². The van der Waals surface area contributed by atoms with Crippen LogP contribution in [0.4, 0.5) is 0 Å². The van der Waals surface area contributed by atoms with E-state index in [0.29, 0.717) is 24.9 Å². The number of aliphatic hydroxyl groups is 1. The largest absolute Gasteiger partial charge is 0.424 e. The Balaban J connectivity index is 1.94. The zero-order valence-electron chi connectivity index (χ0n) is 8.97. The first-order valence-corrected chi connectivity index (χ1v) is 5.05. The molecule has 6 nitrogen and oxygen atoms in total. The molecule has 2 rings (SSSR count). The number of hydrogen-bond donors (Lipinski definition) is 2. The van der Waals surface area contributed by atoms with Crippen molar-refractivity contribution in [3.63, 3.8) is 0 Å². The standard InChI is InChI=1S/C9H16N4O2/c1-6-11-12-9(15-6)5-13(2)7-3-10-4-8(7)14/h7-8,10,14H,3-5H2,1-2H3/t7-,8+/m0/s1. The number of aryl methyl sites for hydroxylation is 1. The van der Waals surface area contributed by atoms with Crippen LogP contribution in [-0.4, -0.2) is 52.5 Å². The van der Waals surface area contributed by atoms with Crippen molar-refractivity contribution < 1.29 is 9.52 Å². The van der Waals surface area contributed by atoms with Crippen LogP contribution in [-0.2, 0) is 6.54 Å². The Morgan fingerprint density at radius 1 is 1.53 bits per heavy atom. The molecule has 1 saturated heterocycles. The average Bonchev–Trinajstić information content (AvgIpc) is 2.75. The van der Waals surface area contributed by atoms with Crippen LogP contribution >= 0.6 is 0 Å². The lowest BCUT2D eigenvalue weighted by Crippen LogP contribution is -2.40. The quantitative estimate of drug-likeness (QED) is 0.679. The fourth-order valence-corrected chi connectivity index (χ4v) is 1.83. The van der Waals surface area contributed by atoms with Gasteiger partial charge in [-0.25, -0.2) is 0 Å². The fourth-order valence-electron chi connectivity index (χ4n) is 1.83. The number of nitrogens with zero attached hydrogens (tertiary/aromatic N) is 3. The van der Waals surface area contributed by atoms with Gasteiger partial charge in [0.15, 0.2) is 0 Å². The van der Waals surface area contributed by atoms with Crippen molar-refractivity contribution >= 4 is 0 Å². The smallest absolute Gasteiger partial charge is 0.230 e. The van der Waals surface area contributed by atoms with Crippen molar-refractivity contribution in [2.75, 3.05) is 20.1 Å². The zero-order chi connectivity index (χ0) is 10.8. The maximum atomic E-state index is 9.67. The first kappa shape index (κ1) is 10.5. The minimum Gasteiger partial charge on any atom is -0.424 e. The number of rotatable bonds is 3. The molecule has 1 aromatic heterocycles. The second kappa shape index (κ2) is 4.26. The maximum absolute atomic E-state index is 9.67. The lowest BCUT2D eigenvalue weighted by atomic mass is 10.2. The number of nitrogens with one attached hydrogen (secondary N) is 1. The Bertz CT molecular complexity index is 328. The van der Waals surface area contributed by atoms with Crippen LogP contribution in [0.2, 0.25) is 0 Å². The van der Waals surface area contributed by atoms with Gasteiger partial charge in [0.05, 0.1) is 12.6 Å². The van der Waals surface area contributed by atoms with Crippen LogP contribution in [0.1, 0.15) is 11.8 Å². The average molecular weight is 212 g/mol. The third kappa shape index (κ3) is 2.34. The number of likely N-dealkylation sites (N-methyl/N-ethyl adjacent to an activating group) is 1. The maximum Gasteiger partial charge on any atom is 0.230 e. The molecule has 0 radical (unpaired) electrons. The summed E-state index contributed by atoms with van der Waals surface area (Å²) in [7, 11) is 1.94. The second-order valence-corrected chi connectivity index (χ2v) is 3.92. The van der Waals surface area contributed by atoms with E-state index < -0.39 is 0 Å². The monoisotopic (exact) mass is 212 g/mol. The number of aromatic nitrogens is 2. The third-order valence-corrected chi connectivity index (χ3v) is 2.67. The van der Waals surface area contributed by atoms with E-state index in [4.69, 9.17) is 4.42 Å². The van der Waals surface area contributed by atoms with E-state index in [2.05, 4.69) is 15.5 Å². The minimum atomic E-state index is -0.320. The molecule has 2 heterocycles. The molecule has 0 aliphatic carbocycles. The summed E-state index contributed by atoms with van der Waals surface area (Å²) in [6.45, 7) is 3.79. The fraction of sp³-hybridized carbons (Fsp3) is 0.778. The van der Waals surface area contributed by atoms with E-state index in [1.54, 1.807) is 6.92 Å². The van der Waals surface area contributed by atoms with E-state index in [1.165, 1.54) is 0 Å². The molecule has 1 aliphatic heterocycles. The Morgan fingerprint density at radius 3 is 2.87 bits per heavy atom. The highest BCUT2D eigenvalue weighted by Gasteiger charge is 2.29. The summed E-state index contributed by atoms with van der Waals surface area (Å²) in [6.07, 6.45) is -0.320. The van der Waals surface area contributed by atoms with Gasteiger partial charge in [-0.3, -0.25) is 4.90 Å². The molecule has 0 amide bonds. The van der Waals surface area contributed by atoms with Gasteiger partial charge < -0.3 is 14.8 Å². The highest BCUT2D eigenvalue weighted by Crippen LogP contribution is 2.10. The molecule has 0 spiro atoms. The molecule has 84 valence electrons. The van der Waals surface area contributed by atoms with Crippen LogP contribution in [0.15, 0.2) is 4.42 Å². The SMILES string of the molecule is Cc1nnc(CN(C)[C@H]2CNC[C@H]2O)o1. The van der Waals surface area contributed by atoms with Gasteiger partial charge in [0.25, 0.3) is 0 Å². The number of hydrogen-bond acceptors (Lipinski definition) is 6. The predicted molar refractivity (Wildman–Crippen MR) is 53.2 cm³/mol. The summed E-state index contributed by atoms with van der Waals surface area (Å²) in [5.74, 6) is 1.16. The normalized spacial score (nSPS) is 26.4. The van der Waals surface area contributed by atoms with E-state index in [-0.39, 0.29) is 12.1 Å². The van der Waals surface area contributed by atoms with Crippen LogP contribution in [0.25, 0.3) is 0 Å². The van der Waals surface area contributed by atoms with Crippen LogP contribution < -0.4 is 5.32 Å². The van der Waals surface area contributed by atoms with Gasteiger partial charge in [-0.15, -0.1) is 10.2 Å². The lowest BCUT2D eigenvalue weighted by Gasteiger charge is -2.24. The van der Waals surface area contributed by atoms with Gasteiger partial charge in [-0.2, -0.15) is 0 Å². The molecule has 6 heteroatoms. The van der Waals surface area contributed by atoms with Crippen molar-refractivity contribution in [1.29, 1.82) is 0 Å². The molecule has 15 heavy (non-hydrogen) atoms. The second-order valence-electron chi connectivity index (χ2n) is 3.92. The van der Waals surface area contributed by atoms with Gasteiger partial charge in [0.2, 0.25) is 11.8 Å².